The highest BCUT2D eigenvalue weighted by molar-refractivity contribution is 5.83. The second-order valence-electron chi connectivity index (χ2n) is 10.9. The maximum atomic E-state index is 14.8. The van der Waals surface area contributed by atoms with E-state index in [0.29, 0.717) is 29.6 Å². The summed E-state index contributed by atoms with van der Waals surface area (Å²) in [6, 6.07) is 8.97. The number of quaternary nitrogens is 1. The number of hydrogen-bond donors (Lipinski definition) is 3. The van der Waals surface area contributed by atoms with Crippen molar-refractivity contribution in [3.63, 3.8) is 0 Å². The topological polar surface area (TPSA) is 174 Å². The molecule has 1 aliphatic heterocycles. The average molecular weight is 694 g/mol. The first kappa shape index (κ1) is 39.6. The predicted octanol–water partition coefficient (Wildman–Crippen LogP) is 1.01. The number of carbonyl (C=O) groups is 4. The quantitative estimate of drug-likeness (QED) is 0.153. The average Bonchev–Trinajstić information content (AvgIpc) is 3.47. The van der Waals surface area contributed by atoms with Crippen molar-refractivity contribution in [3.05, 3.63) is 48.3 Å². The number of H-pyrrole nitrogens is 2. The molecule has 4 rings (SSSR count). The molecule has 2 aromatic heterocycles. The lowest BCUT2D eigenvalue weighted by atomic mass is 9.98. The number of carbonyl (C=O) groups excluding carboxylic acids is 4. The number of ketones is 1. The lowest BCUT2D eigenvalue weighted by Crippen LogP contribution is -3.18. The van der Waals surface area contributed by atoms with Gasteiger partial charge in [-0.25, -0.2) is 15.0 Å². The molecule has 1 saturated heterocycles. The van der Waals surface area contributed by atoms with Gasteiger partial charge in [-0.3, -0.25) is 9.59 Å². The van der Waals surface area contributed by atoms with Crippen LogP contribution in [0.2, 0.25) is 0 Å². The molecule has 0 unspecified atom stereocenters. The van der Waals surface area contributed by atoms with Crippen LogP contribution in [0.5, 0.6) is 0 Å². The number of halogens is 7. The van der Waals surface area contributed by atoms with Crippen LogP contribution in [0.15, 0.2) is 36.5 Å². The van der Waals surface area contributed by atoms with Crippen LogP contribution in [0.1, 0.15) is 57.3 Å². The molecule has 1 fully saturated rings. The van der Waals surface area contributed by atoms with E-state index in [9.17, 15) is 40.3 Å². The minimum Gasteiger partial charge on any atom is -0.542 e. The summed E-state index contributed by atoms with van der Waals surface area (Å²) in [5, 5.41) is 21.6. The zero-order chi connectivity index (χ0) is 36.2. The highest BCUT2D eigenvalue weighted by Crippen LogP contribution is 2.26. The molecule has 0 radical (unpaired) electrons. The lowest BCUT2D eigenvalue weighted by Gasteiger charge is -2.31. The molecular weight excluding hydrogens is 659 g/mol. The van der Waals surface area contributed by atoms with Crippen LogP contribution in [-0.4, -0.2) is 66.1 Å². The number of aromatic amines is 2. The molecule has 11 nitrogen and oxygen atoms in total. The van der Waals surface area contributed by atoms with Crippen LogP contribution in [0.3, 0.4) is 0 Å². The van der Waals surface area contributed by atoms with Crippen molar-refractivity contribution in [1.29, 1.82) is 0 Å². The van der Waals surface area contributed by atoms with Gasteiger partial charge in [0.2, 0.25) is 11.9 Å². The largest absolute Gasteiger partial charge is 0.542 e. The summed E-state index contributed by atoms with van der Waals surface area (Å²) < 4.78 is 77.9. The molecule has 264 valence electrons. The fourth-order valence-electron chi connectivity index (χ4n) is 4.55. The number of aromatic nitrogens is 3. The number of hydrogen-bond acceptors (Lipinski definition) is 7. The van der Waals surface area contributed by atoms with Crippen molar-refractivity contribution in [1.82, 2.24) is 15.3 Å². The first-order valence-corrected chi connectivity index (χ1v) is 14.7. The van der Waals surface area contributed by atoms with E-state index in [1.807, 2.05) is 25.1 Å². The molecule has 0 bridgehead atoms. The number of imidazole rings is 1. The minimum atomic E-state index is -5.19. The predicted molar refractivity (Wildman–Crippen MR) is 150 cm³/mol. The molecule has 0 spiro atoms. The number of para-hydroxylation sites is 1. The third-order valence-corrected chi connectivity index (χ3v) is 7.14. The summed E-state index contributed by atoms with van der Waals surface area (Å²) in [5.74, 6) is -5.45. The van der Waals surface area contributed by atoms with Gasteiger partial charge in [0.25, 0.3) is 5.82 Å². The van der Waals surface area contributed by atoms with E-state index in [1.54, 1.807) is 18.3 Å². The monoisotopic (exact) mass is 693 g/mol. The SMILES string of the molecule is CCC(=O)CCCCC[C@H](NC(=O)C1C[NH+](C)C1)c1[nH]c(-c2cc3ccccc3nc2F)c[nH+]1.O=C([O-])C(F)(F)F.O=C([O-])C(F)(F)F. The standard InChI is InChI=1S/C26H32FN5O2.2C2HF3O2/c1-3-19(33)10-5-4-6-12-22(31-26(34)18-15-32(2)16-18)25-28-14-23(30-25)20-13-17-9-7-8-11-21(17)29-24(20)27;2*3-2(4,5)1(6)7/h7-9,11,13-14,18,22H,3-6,10,12,15-16H2,1-2H3,(H,28,30)(H,31,34);2*(H,6,7)/t22-;;/m0../s1. The number of nitrogens with zero attached hydrogens (tertiary/aromatic N) is 1. The molecule has 3 heterocycles. The zero-order valence-electron chi connectivity index (χ0n) is 25.8. The van der Waals surface area contributed by atoms with Gasteiger partial charge in [-0.05, 0) is 25.0 Å². The number of carboxylic acid groups (broad SMARTS) is 2. The molecule has 18 heteroatoms. The number of fused-ring (bicyclic) bond motifs is 1. The van der Waals surface area contributed by atoms with Crippen molar-refractivity contribution >= 4 is 34.5 Å². The van der Waals surface area contributed by atoms with E-state index < -0.39 is 30.2 Å². The number of nitrogens with one attached hydrogen (secondary N) is 4. The Morgan fingerprint density at radius 1 is 1.02 bits per heavy atom. The Kier molecular flexibility index (Phi) is 14.4. The summed E-state index contributed by atoms with van der Waals surface area (Å²) in [5.41, 5.74) is 1.58. The van der Waals surface area contributed by atoms with Crippen molar-refractivity contribution in [2.45, 2.75) is 63.8 Å². The molecule has 1 aliphatic rings. The molecule has 1 atom stereocenters. The third-order valence-electron chi connectivity index (χ3n) is 7.14. The number of alkyl halides is 6. The number of Topliss-reactive ketones (excluding diaryl/α,β-unsaturated/α-hetero) is 1. The molecule has 1 aromatic carbocycles. The number of amides is 1. The highest BCUT2D eigenvalue weighted by atomic mass is 19.4. The van der Waals surface area contributed by atoms with Crippen molar-refractivity contribution in [2.24, 2.45) is 5.92 Å². The Labute approximate surface area is 269 Å². The fraction of sp³-hybridized carbons (Fsp3) is 0.467. The Hall–Kier alpha value is -4.61. The smallest absolute Gasteiger partial charge is 0.430 e. The van der Waals surface area contributed by atoms with Gasteiger partial charge in [0, 0.05) is 18.2 Å². The van der Waals surface area contributed by atoms with Gasteiger partial charge in [-0.1, -0.05) is 38.0 Å². The van der Waals surface area contributed by atoms with E-state index in [4.69, 9.17) is 19.8 Å². The highest BCUT2D eigenvalue weighted by Gasteiger charge is 2.37. The summed E-state index contributed by atoms with van der Waals surface area (Å²) in [6.45, 7) is 3.57. The molecular formula is C30H34F7N5O6. The summed E-state index contributed by atoms with van der Waals surface area (Å²) in [4.78, 5) is 53.9. The number of likely N-dealkylation sites (tertiary alicyclic amines) is 1. The Morgan fingerprint density at radius 3 is 2.15 bits per heavy atom. The van der Waals surface area contributed by atoms with E-state index in [1.165, 1.54) is 4.90 Å². The maximum Gasteiger partial charge on any atom is 0.430 e. The van der Waals surface area contributed by atoms with Crippen molar-refractivity contribution < 1.29 is 70.0 Å². The zero-order valence-corrected chi connectivity index (χ0v) is 25.8. The van der Waals surface area contributed by atoms with E-state index in [2.05, 4.69) is 27.3 Å². The van der Waals surface area contributed by atoms with Crippen molar-refractivity contribution in [3.8, 4) is 11.3 Å². The fourth-order valence-corrected chi connectivity index (χ4v) is 4.55. The lowest BCUT2D eigenvalue weighted by molar-refractivity contribution is -0.927. The van der Waals surface area contributed by atoms with Gasteiger partial charge in [-0.2, -0.15) is 30.7 Å². The van der Waals surface area contributed by atoms with Crippen LogP contribution in [0, 0.1) is 11.9 Å². The normalized spacial score (nSPS) is 16.4. The number of unbranched alkanes of at least 4 members (excludes halogenated alkanes) is 2. The Morgan fingerprint density at radius 2 is 1.60 bits per heavy atom. The summed E-state index contributed by atoms with van der Waals surface area (Å²) in [6.07, 6.45) is -4.08. The van der Waals surface area contributed by atoms with Gasteiger partial charge in [0.05, 0.1) is 31.2 Å². The summed E-state index contributed by atoms with van der Waals surface area (Å²) in [7, 11) is 2.08. The molecule has 3 aromatic rings. The molecule has 4 N–H and O–H groups in total. The number of benzene rings is 1. The van der Waals surface area contributed by atoms with E-state index in [-0.39, 0.29) is 23.7 Å². The number of aliphatic carboxylic acids is 2. The van der Waals surface area contributed by atoms with Gasteiger partial charge in [0.1, 0.15) is 35.9 Å². The second-order valence-corrected chi connectivity index (χ2v) is 10.9. The number of pyridine rings is 1. The number of rotatable bonds is 11. The number of carboxylic acids is 2. The summed E-state index contributed by atoms with van der Waals surface area (Å²) >= 11 is 0. The molecule has 0 saturated carbocycles. The molecule has 48 heavy (non-hydrogen) atoms. The van der Waals surface area contributed by atoms with Gasteiger partial charge in [0.15, 0.2) is 5.69 Å². The molecule has 1 amide bonds. The van der Waals surface area contributed by atoms with E-state index >= 15 is 0 Å². The van der Waals surface area contributed by atoms with Gasteiger partial charge < -0.3 is 30.0 Å². The third kappa shape index (κ3) is 12.5. The van der Waals surface area contributed by atoms with Gasteiger partial charge >= 0.3 is 12.4 Å². The first-order valence-electron chi connectivity index (χ1n) is 14.7. The van der Waals surface area contributed by atoms with Crippen LogP contribution in [0.25, 0.3) is 22.2 Å². The Balaban J connectivity index is 0.000000479. The van der Waals surface area contributed by atoms with Crippen molar-refractivity contribution in [2.75, 3.05) is 20.1 Å². The van der Waals surface area contributed by atoms with Crippen LogP contribution in [0.4, 0.5) is 30.7 Å². The van der Waals surface area contributed by atoms with Crippen LogP contribution in [-0.2, 0) is 19.2 Å². The molecule has 0 aliphatic carbocycles. The van der Waals surface area contributed by atoms with Crippen LogP contribution >= 0.6 is 0 Å². The Bertz CT molecular complexity index is 1530. The maximum absolute atomic E-state index is 14.8. The minimum absolute atomic E-state index is 0.0289. The van der Waals surface area contributed by atoms with Gasteiger partial charge in [-0.15, -0.1) is 0 Å². The van der Waals surface area contributed by atoms with Crippen LogP contribution < -0.4 is 25.4 Å². The first-order chi connectivity index (χ1) is 22.3. The van der Waals surface area contributed by atoms with E-state index in [0.717, 1.165) is 50.0 Å². The second kappa shape index (κ2) is 17.5.